The van der Waals surface area contributed by atoms with E-state index in [2.05, 4.69) is 72.6 Å². The van der Waals surface area contributed by atoms with E-state index in [4.69, 9.17) is 5.73 Å². The number of halogens is 2. The Bertz CT molecular complexity index is 978. The zero-order valence-corrected chi connectivity index (χ0v) is 17.9. The van der Waals surface area contributed by atoms with Gasteiger partial charge in [0.2, 0.25) is 0 Å². The summed E-state index contributed by atoms with van der Waals surface area (Å²) < 4.78 is 4.22. The van der Waals surface area contributed by atoms with Gasteiger partial charge in [-0.1, -0.05) is 44.5 Å². The molecule has 0 saturated heterocycles. The number of allylic oxidation sites excluding steroid dienone is 3. The minimum absolute atomic E-state index is 0.401. The van der Waals surface area contributed by atoms with Crippen LogP contribution in [0.3, 0.4) is 0 Å². The molecule has 0 spiro atoms. The number of rotatable bonds is 7. The van der Waals surface area contributed by atoms with Crippen molar-refractivity contribution >= 4 is 53.7 Å². The predicted octanol–water partition coefficient (Wildman–Crippen LogP) is 4.81. The largest absolute Gasteiger partial charge is 0.405 e. The number of hydrogen-bond acceptors (Lipinski definition) is 3. The van der Waals surface area contributed by atoms with Crippen molar-refractivity contribution in [3.05, 3.63) is 82.0 Å². The van der Waals surface area contributed by atoms with E-state index in [1.54, 1.807) is 12.2 Å². The van der Waals surface area contributed by atoms with Gasteiger partial charge < -0.3 is 20.7 Å². The number of hydrogen-bond donors (Lipinski definition) is 3. The van der Waals surface area contributed by atoms with E-state index in [0.29, 0.717) is 13.1 Å². The topological polar surface area (TPSA) is 63.2 Å². The third kappa shape index (κ3) is 4.46. The summed E-state index contributed by atoms with van der Waals surface area (Å²) in [7, 11) is 0. The average molecular weight is 491 g/mol. The molecule has 0 aliphatic heterocycles. The summed E-state index contributed by atoms with van der Waals surface area (Å²) >= 11 is 7.11. The van der Waals surface area contributed by atoms with Gasteiger partial charge in [0.15, 0.2) is 0 Å². The van der Waals surface area contributed by atoms with E-state index in [0.717, 1.165) is 36.4 Å². The lowest BCUT2D eigenvalue weighted by atomic mass is 10.2. The highest BCUT2D eigenvalue weighted by molar-refractivity contribution is 9.10. The molecule has 4 nitrogen and oxygen atoms in total. The third-order valence-corrected chi connectivity index (χ3v) is 5.28. The molecule has 3 rings (SSSR count). The number of aliphatic hydroxyl groups is 1. The fourth-order valence-corrected chi connectivity index (χ4v) is 3.88. The van der Waals surface area contributed by atoms with Crippen LogP contribution in [-0.2, 0) is 6.54 Å². The van der Waals surface area contributed by atoms with Crippen LogP contribution < -0.4 is 11.1 Å². The number of nitrogens with two attached hydrogens (primary N) is 1. The molecule has 4 N–H and O–H groups in total. The Morgan fingerprint density at radius 2 is 1.74 bits per heavy atom. The first kappa shape index (κ1) is 19.7. The van der Waals surface area contributed by atoms with Gasteiger partial charge in [-0.05, 0) is 54.8 Å². The smallest absolute Gasteiger partial charge is 0.0891 e. The Balaban J connectivity index is 1.91. The van der Waals surface area contributed by atoms with E-state index in [1.807, 2.05) is 18.2 Å². The summed E-state index contributed by atoms with van der Waals surface area (Å²) in [6.07, 6.45) is 6.11. The van der Waals surface area contributed by atoms with E-state index in [-0.39, 0.29) is 0 Å². The van der Waals surface area contributed by atoms with Crippen LogP contribution in [0.15, 0.2) is 82.0 Å². The molecular formula is C21H21Br2N3O. The lowest BCUT2D eigenvalue weighted by Gasteiger charge is -2.16. The molecule has 0 amide bonds. The number of aromatic nitrogens is 1. The number of nitrogens with one attached hydrogen (secondary N) is 1. The molecule has 140 valence electrons. The summed E-state index contributed by atoms with van der Waals surface area (Å²) in [5.41, 5.74) is 8.45. The highest BCUT2D eigenvalue weighted by atomic mass is 79.9. The molecule has 0 aliphatic rings. The van der Waals surface area contributed by atoms with Gasteiger partial charge in [0.05, 0.1) is 12.6 Å². The van der Waals surface area contributed by atoms with Crippen molar-refractivity contribution in [3.8, 4) is 0 Å². The molecule has 6 heteroatoms. The van der Waals surface area contributed by atoms with E-state index in [9.17, 15) is 5.11 Å². The Kier molecular flexibility index (Phi) is 6.42. The molecule has 0 fully saturated rings. The Morgan fingerprint density at radius 3 is 2.26 bits per heavy atom. The minimum atomic E-state index is -0.574. The fraction of sp³-hybridized carbons (Fsp3) is 0.143. The first-order valence-electron chi connectivity index (χ1n) is 8.53. The molecule has 2 aromatic carbocycles. The molecule has 1 atom stereocenters. The molecule has 0 radical (unpaired) electrons. The van der Waals surface area contributed by atoms with Crippen LogP contribution in [0.5, 0.6) is 0 Å². The molecule has 3 aromatic rings. The Hall–Kier alpha value is -2.02. The number of aliphatic hydroxyl groups excluding tert-OH is 1. The van der Waals surface area contributed by atoms with Crippen LogP contribution >= 0.6 is 31.9 Å². The maximum absolute atomic E-state index is 10.6. The average Bonchev–Trinajstić information content (AvgIpc) is 2.92. The Labute approximate surface area is 175 Å². The SMILES string of the molecule is C=C/C=C(\C=C/N)NCC(O)Cn1c2ccc(Br)cc2c2cc(Br)ccc21. The molecular weight excluding hydrogens is 470 g/mol. The standard InChI is InChI=1S/C21H21Br2N3O/c1-2-3-16(8-9-24)25-12-17(27)13-26-20-6-4-14(22)10-18(20)19-11-15(23)5-7-21(19)26/h2-11,17,25,27H,1,12-13,24H2/b9-8-,16-3+. The van der Waals surface area contributed by atoms with Crippen LogP contribution in [0, 0.1) is 0 Å². The predicted molar refractivity (Wildman–Crippen MR) is 120 cm³/mol. The van der Waals surface area contributed by atoms with Crippen molar-refractivity contribution in [2.24, 2.45) is 5.73 Å². The first-order chi connectivity index (χ1) is 13.0. The number of nitrogens with zero attached hydrogens (tertiary/aromatic N) is 1. The fourth-order valence-electron chi connectivity index (χ4n) is 3.16. The van der Waals surface area contributed by atoms with Crippen molar-refractivity contribution in [2.75, 3.05) is 6.54 Å². The zero-order valence-electron chi connectivity index (χ0n) is 14.7. The van der Waals surface area contributed by atoms with Crippen LogP contribution in [0.2, 0.25) is 0 Å². The van der Waals surface area contributed by atoms with Gasteiger partial charge in [0, 0.05) is 43.0 Å². The normalized spacial score (nSPS) is 13.5. The highest BCUT2D eigenvalue weighted by Crippen LogP contribution is 2.33. The van der Waals surface area contributed by atoms with Crippen LogP contribution in [0.4, 0.5) is 0 Å². The van der Waals surface area contributed by atoms with Gasteiger partial charge in [0.25, 0.3) is 0 Å². The van der Waals surface area contributed by atoms with Gasteiger partial charge >= 0.3 is 0 Å². The second-order valence-corrected chi connectivity index (χ2v) is 8.02. The summed E-state index contributed by atoms with van der Waals surface area (Å²) in [6, 6.07) is 12.4. The molecule has 27 heavy (non-hydrogen) atoms. The molecule has 1 unspecified atom stereocenters. The summed E-state index contributed by atoms with van der Waals surface area (Å²) in [4.78, 5) is 0. The highest BCUT2D eigenvalue weighted by Gasteiger charge is 2.14. The van der Waals surface area contributed by atoms with E-state index < -0.39 is 6.10 Å². The monoisotopic (exact) mass is 489 g/mol. The van der Waals surface area contributed by atoms with Gasteiger partial charge in [-0.25, -0.2) is 0 Å². The maximum atomic E-state index is 10.6. The number of benzene rings is 2. The quantitative estimate of drug-likeness (QED) is 0.416. The first-order valence-corrected chi connectivity index (χ1v) is 10.1. The van der Waals surface area contributed by atoms with Crippen LogP contribution in [0.1, 0.15) is 0 Å². The van der Waals surface area contributed by atoms with Crippen molar-refractivity contribution in [2.45, 2.75) is 12.6 Å². The second kappa shape index (κ2) is 8.78. The van der Waals surface area contributed by atoms with Crippen molar-refractivity contribution in [3.63, 3.8) is 0 Å². The minimum Gasteiger partial charge on any atom is -0.405 e. The van der Waals surface area contributed by atoms with Gasteiger partial charge in [-0.15, -0.1) is 0 Å². The van der Waals surface area contributed by atoms with E-state index >= 15 is 0 Å². The lowest BCUT2D eigenvalue weighted by molar-refractivity contribution is 0.158. The molecule has 0 aliphatic carbocycles. The van der Waals surface area contributed by atoms with Crippen LogP contribution in [0.25, 0.3) is 21.8 Å². The molecule has 0 bridgehead atoms. The van der Waals surface area contributed by atoms with E-state index in [1.165, 1.54) is 6.20 Å². The van der Waals surface area contributed by atoms with Crippen molar-refractivity contribution < 1.29 is 5.11 Å². The summed E-state index contributed by atoms with van der Waals surface area (Å²) in [6.45, 7) is 4.56. The van der Waals surface area contributed by atoms with Crippen LogP contribution in [-0.4, -0.2) is 22.3 Å². The van der Waals surface area contributed by atoms with Gasteiger partial charge in [-0.3, -0.25) is 0 Å². The molecule has 1 aromatic heterocycles. The maximum Gasteiger partial charge on any atom is 0.0891 e. The summed E-state index contributed by atoms with van der Waals surface area (Å²) in [5, 5.41) is 16.1. The number of fused-ring (bicyclic) bond motifs is 3. The zero-order chi connectivity index (χ0) is 19.4. The summed E-state index contributed by atoms with van der Waals surface area (Å²) in [5.74, 6) is 0. The third-order valence-electron chi connectivity index (χ3n) is 4.30. The van der Waals surface area contributed by atoms with Crippen molar-refractivity contribution in [1.29, 1.82) is 0 Å². The van der Waals surface area contributed by atoms with Crippen molar-refractivity contribution in [1.82, 2.24) is 9.88 Å². The molecule has 1 heterocycles. The van der Waals surface area contributed by atoms with Gasteiger partial charge in [0.1, 0.15) is 0 Å². The lowest BCUT2D eigenvalue weighted by Crippen LogP contribution is -2.29. The van der Waals surface area contributed by atoms with Gasteiger partial charge in [-0.2, -0.15) is 0 Å². The molecule has 0 saturated carbocycles. The Morgan fingerprint density at radius 1 is 1.15 bits per heavy atom. The second-order valence-electron chi connectivity index (χ2n) is 6.19.